The summed E-state index contributed by atoms with van der Waals surface area (Å²) in [7, 11) is 0. The maximum Gasteiger partial charge on any atom is 0.0787 e. The Kier molecular flexibility index (Phi) is 3.46. The molecule has 2 unspecified atom stereocenters. The Hall–Kier alpha value is -1.35. The summed E-state index contributed by atoms with van der Waals surface area (Å²) in [4.78, 5) is 2.49. The van der Waals surface area contributed by atoms with Crippen molar-refractivity contribution in [1.82, 2.24) is 4.90 Å². The van der Waals surface area contributed by atoms with E-state index in [4.69, 9.17) is 16.3 Å². The predicted octanol–water partition coefficient (Wildman–Crippen LogP) is 3.84. The monoisotopic (exact) mass is 299 g/mol. The maximum atomic E-state index is 6.31. The van der Waals surface area contributed by atoms with E-state index in [9.17, 15) is 0 Å². The number of likely N-dealkylation sites (tertiary alicyclic amines) is 1. The first-order valence-electron chi connectivity index (χ1n) is 7.46. The third-order valence-corrected chi connectivity index (χ3v) is 4.94. The number of hydrogen-bond acceptors (Lipinski definition) is 2. The van der Waals surface area contributed by atoms with Crippen molar-refractivity contribution in [1.29, 1.82) is 0 Å². The molecule has 3 heteroatoms. The molecule has 0 N–H and O–H groups in total. The van der Waals surface area contributed by atoms with Gasteiger partial charge in [-0.15, -0.1) is 0 Å². The highest BCUT2D eigenvalue weighted by Gasteiger charge is 2.38. The SMILES string of the molecule is Clc1cccc2c1COC1CN(Cc3ccccc3)CC21. The van der Waals surface area contributed by atoms with Crippen molar-refractivity contribution in [3.8, 4) is 0 Å². The van der Waals surface area contributed by atoms with Crippen LogP contribution in [0, 0.1) is 0 Å². The molecule has 2 aliphatic heterocycles. The fraction of sp³-hybridized carbons (Fsp3) is 0.333. The quantitative estimate of drug-likeness (QED) is 0.835. The lowest BCUT2D eigenvalue weighted by molar-refractivity contribution is 0.0250. The molecule has 2 aromatic rings. The van der Waals surface area contributed by atoms with Gasteiger partial charge in [-0.05, 0) is 22.8 Å². The Labute approximate surface area is 130 Å². The van der Waals surface area contributed by atoms with Gasteiger partial charge >= 0.3 is 0 Å². The van der Waals surface area contributed by atoms with Gasteiger partial charge in [0.25, 0.3) is 0 Å². The van der Waals surface area contributed by atoms with Crippen LogP contribution in [0.5, 0.6) is 0 Å². The van der Waals surface area contributed by atoms with E-state index in [0.29, 0.717) is 18.6 Å². The molecule has 2 atom stereocenters. The number of fused-ring (bicyclic) bond motifs is 3. The number of nitrogens with zero attached hydrogens (tertiary/aromatic N) is 1. The summed E-state index contributed by atoms with van der Waals surface area (Å²) in [5.74, 6) is 0.455. The molecule has 0 aliphatic carbocycles. The van der Waals surface area contributed by atoms with Gasteiger partial charge in [-0.1, -0.05) is 54.1 Å². The normalized spacial score (nSPS) is 24.6. The van der Waals surface area contributed by atoms with Crippen LogP contribution in [0.15, 0.2) is 48.5 Å². The first kappa shape index (κ1) is 13.3. The van der Waals surface area contributed by atoms with Crippen LogP contribution < -0.4 is 0 Å². The smallest absolute Gasteiger partial charge is 0.0787 e. The van der Waals surface area contributed by atoms with Crippen LogP contribution in [0.4, 0.5) is 0 Å². The highest BCUT2D eigenvalue weighted by Crippen LogP contribution is 2.39. The Balaban J connectivity index is 1.55. The molecule has 2 aromatic carbocycles. The molecule has 1 fully saturated rings. The van der Waals surface area contributed by atoms with Gasteiger partial charge in [0.05, 0.1) is 12.7 Å². The second-order valence-electron chi connectivity index (χ2n) is 5.94. The van der Waals surface area contributed by atoms with Crippen molar-refractivity contribution in [3.63, 3.8) is 0 Å². The zero-order valence-electron chi connectivity index (χ0n) is 11.8. The molecule has 0 bridgehead atoms. The van der Waals surface area contributed by atoms with Crippen LogP contribution in [-0.2, 0) is 17.9 Å². The van der Waals surface area contributed by atoms with Gasteiger partial charge in [0.2, 0.25) is 0 Å². The molecular weight excluding hydrogens is 282 g/mol. The maximum absolute atomic E-state index is 6.31. The van der Waals surface area contributed by atoms with Gasteiger partial charge in [-0.25, -0.2) is 0 Å². The third kappa shape index (κ3) is 2.48. The van der Waals surface area contributed by atoms with Crippen LogP contribution in [0.2, 0.25) is 5.02 Å². The highest BCUT2D eigenvalue weighted by molar-refractivity contribution is 6.31. The highest BCUT2D eigenvalue weighted by atomic mass is 35.5. The molecular formula is C18H18ClNO. The summed E-state index contributed by atoms with van der Waals surface area (Å²) >= 11 is 6.31. The summed E-state index contributed by atoms with van der Waals surface area (Å²) in [6.45, 7) is 3.70. The van der Waals surface area contributed by atoms with Crippen molar-refractivity contribution in [2.75, 3.05) is 13.1 Å². The fourth-order valence-corrected chi connectivity index (χ4v) is 3.79. The van der Waals surface area contributed by atoms with Gasteiger partial charge in [-0.3, -0.25) is 4.90 Å². The molecule has 4 rings (SSSR count). The van der Waals surface area contributed by atoms with Crippen LogP contribution in [-0.4, -0.2) is 24.1 Å². The topological polar surface area (TPSA) is 12.5 Å². The molecule has 2 aliphatic rings. The van der Waals surface area contributed by atoms with Gasteiger partial charge in [0, 0.05) is 30.6 Å². The van der Waals surface area contributed by atoms with Crippen LogP contribution in [0.1, 0.15) is 22.6 Å². The van der Waals surface area contributed by atoms with Gasteiger partial charge in [0.1, 0.15) is 0 Å². The average Bonchev–Trinajstić information content (AvgIpc) is 2.91. The lowest BCUT2D eigenvalue weighted by Crippen LogP contribution is -2.27. The summed E-state index contributed by atoms with van der Waals surface area (Å²) in [5.41, 5.74) is 3.93. The number of benzene rings is 2. The number of halogens is 1. The first-order chi connectivity index (χ1) is 10.3. The van der Waals surface area contributed by atoms with Crippen molar-refractivity contribution in [3.05, 3.63) is 70.2 Å². The van der Waals surface area contributed by atoms with E-state index in [2.05, 4.69) is 47.4 Å². The Morgan fingerprint density at radius 3 is 2.76 bits per heavy atom. The van der Waals surface area contributed by atoms with Crippen LogP contribution in [0.25, 0.3) is 0 Å². The second-order valence-corrected chi connectivity index (χ2v) is 6.35. The van der Waals surface area contributed by atoms with E-state index < -0.39 is 0 Å². The van der Waals surface area contributed by atoms with E-state index in [1.165, 1.54) is 16.7 Å². The number of ether oxygens (including phenoxy) is 1. The molecule has 0 aromatic heterocycles. The van der Waals surface area contributed by atoms with E-state index in [1.54, 1.807) is 0 Å². The van der Waals surface area contributed by atoms with Gasteiger partial charge in [-0.2, -0.15) is 0 Å². The number of hydrogen-bond donors (Lipinski definition) is 0. The predicted molar refractivity (Wildman–Crippen MR) is 84.5 cm³/mol. The lowest BCUT2D eigenvalue weighted by atomic mass is 9.90. The number of rotatable bonds is 2. The Morgan fingerprint density at radius 2 is 1.90 bits per heavy atom. The van der Waals surface area contributed by atoms with E-state index in [1.807, 2.05) is 6.07 Å². The van der Waals surface area contributed by atoms with Crippen molar-refractivity contribution >= 4 is 11.6 Å². The summed E-state index contributed by atoms with van der Waals surface area (Å²) in [6.07, 6.45) is 0.305. The van der Waals surface area contributed by atoms with Gasteiger partial charge in [0.15, 0.2) is 0 Å². The molecule has 2 nitrogen and oxygen atoms in total. The second kappa shape index (κ2) is 5.45. The standard InChI is InChI=1S/C18H18ClNO/c19-17-8-4-7-14-15-10-20(9-13-5-2-1-3-6-13)11-18(15)21-12-16(14)17/h1-8,15,18H,9-12H2. The molecule has 0 saturated carbocycles. The molecule has 0 spiro atoms. The summed E-state index contributed by atoms with van der Waals surface area (Å²) < 4.78 is 6.05. The zero-order valence-corrected chi connectivity index (χ0v) is 12.6. The minimum Gasteiger partial charge on any atom is -0.371 e. The molecule has 108 valence electrons. The minimum atomic E-state index is 0.305. The summed E-state index contributed by atoms with van der Waals surface area (Å²) in [5, 5.41) is 0.840. The average molecular weight is 300 g/mol. The summed E-state index contributed by atoms with van der Waals surface area (Å²) in [6, 6.07) is 16.9. The third-order valence-electron chi connectivity index (χ3n) is 4.59. The molecule has 0 radical (unpaired) electrons. The minimum absolute atomic E-state index is 0.305. The van der Waals surface area contributed by atoms with Crippen molar-refractivity contribution in [2.24, 2.45) is 0 Å². The Morgan fingerprint density at radius 1 is 1.05 bits per heavy atom. The molecule has 0 amide bonds. The molecule has 2 heterocycles. The van der Waals surface area contributed by atoms with Gasteiger partial charge < -0.3 is 4.74 Å². The molecule has 1 saturated heterocycles. The Bertz CT molecular complexity index is 643. The van der Waals surface area contributed by atoms with Crippen molar-refractivity contribution in [2.45, 2.75) is 25.2 Å². The van der Waals surface area contributed by atoms with Crippen LogP contribution >= 0.6 is 11.6 Å². The van der Waals surface area contributed by atoms with Crippen molar-refractivity contribution < 1.29 is 4.74 Å². The largest absolute Gasteiger partial charge is 0.371 e. The lowest BCUT2D eigenvalue weighted by Gasteiger charge is -2.28. The van der Waals surface area contributed by atoms with E-state index >= 15 is 0 Å². The van der Waals surface area contributed by atoms with E-state index in [0.717, 1.165) is 24.7 Å². The first-order valence-corrected chi connectivity index (χ1v) is 7.84. The van der Waals surface area contributed by atoms with Crippen LogP contribution in [0.3, 0.4) is 0 Å². The zero-order chi connectivity index (χ0) is 14.2. The molecule has 21 heavy (non-hydrogen) atoms. The fourth-order valence-electron chi connectivity index (χ4n) is 3.56. The van der Waals surface area contributed by atoms with E-state index in [-0.39, 0.29) is 0 Å².